The molecule has 0 radical (unpaired) electrons. The number of likely N-dealkylation sites (tertiary alicyclic amines) is 1. The Balaban J connectivity index is 1.36. The minimum atomic E-state index is 0.163. The summed E-state index contributed by atoms with van der Waals surface area (Å²) in [5, 5.41) is 1.97. The van der Waals surface area contributed by atoms with Crippen molar-refractivity contribution >= 4 is 22.2 Å². The van der Waals surface area contributed by atoms with Crippen molar-refractivity contribution in [1.82, 2.24) is 14.3 Å². The molecule has 1 saturated carbocycles. The molecule has 0 N–H and O–H groups in total. The van der Waals surface area contributed by atoms with Crippen molar-refractivity contribution in [2.45, 2.75) is 38.5 Å². The van der Waals surface area contributed by atoms with E-state index in [1.807, 2.05) is 34.2 Å². The molecule has 1 saturated heterocycles. The largest absolute Gasteiger partial charge is 0.337 e. The molecule has 0 bridgehead atoms. The molecule has 140 valence electrons. The van der Waals surface area contributed by atoms with Crippen LogP contribution in [0.25, 0.3) is 16.2 Å². The van der Waals surface area contributed by atoms with Gasteiger partial charge in [-0.3, -0.25) is 9.20 Å². The molecule has 1 aromatic carbocycles. The summed E-state index contributed by atoms with van der Waals surface area (Å²) in [7, 11) is 0. The molecule has 5 rings (SSSR count). The van der Waals surface area contributed by atoms with Gasteiger partial charge in [0, 0.05) is 30.2 Å². The van der Waals surface area contributed by atoms with Crippen LogP contribution in [0.3, 0.4) is 0 Å². The van der Waals surface area contributed by atoms with Gasteiger partial charge in [0.2, 0.25) is 0 Å². The van der Waals surface area contributed by atoms with Gasteiger partial charge in [-0.25, -0.2) is 4.98 Å². The van der Waals surface area contributed by atoms with Gasteiger partial charge in [-0.05, 0) is 18.3 Å². The van der Waals surface area contributed by atoms with E-state index in [2.05, 4.69) is 17.0 Å². The molecule has 27 heavy (non-hydrogen) atoms. The first-order valence-corrected chi connectivity index (χ1v) is 11.0. The molecule has 5 heteroatoms. The number of rotatable bonds is 3. The molecule has 1 unspecified atom stereocenters. The Labute approximate surface area is 163 Å². The van der Waals surface area contributed by atoms with Gasteiger partial charge < -0.3 is 4.90 Å². The average molecular weight is 380 g/mol. The van der Waals surface area contributed by atoms with E-state index in [-0.39, 0.29) is 5.91 Å². The maximum Gasteiger partial charge on any atom is 0.271 e. The third-order valence-corrected chi connectivity index (χ3v) is 7.17. The highest BCUT2D eigenvalue weighted by atomic mass is 32.1. The van der Waals surface area contributed by atoms with Crippen LogP contribution in [0.15, 0.2) is 41.9 Å². The number of thiazole rings is 1. The van der Waals surface area contributed by atoms with Crippen molar-refractivity contribution < 1.29 is 4.79 Å². The van der Waals surface area contributed by atoms with Gasteiger partial charge in [0.15, 0.2) is 4.96 Å². The van der Waals surface area contributed by atoms with Crippen molar-refractivity contribution in [3.63, 3.8) is 0 Å². The zero-order valence-corrected chi connectivity index (χ0v) is 16.3. The molecule has 2 fully saturated rings. The zero-order valence-electron chi connectivity index (χ0n) is 15.5. The lowest BCUT2D eigenvalue weighted by molar-refractivity contribution is 0.0773. The van der Waals surface area contributed by atoms with E-state index < -0.39 is 0 Å². The number of carbonyl (C=O) groups excluding carboxylic acids is 1. The maximum absolute atomic E-state index is 13.2. The topological polar surface area (TPSA) is 37.6 Å². The minimum Gasteiger partial charge on any atom is -0.337 e. The molecule has 0 spiro atoms. The summed E-state index contributed by atoms with van der Waals surface area (Å²) in [6.07, 6.45) is 10.0. The highest BCUT2D eigenvalue weighted by Crippen LogP contribution is 2.35. The fourth-order valence-electron chi connectivity index (χ4n) is 4.81. The third kappa shape index (κ3) is 3.18. The molecule has 3 heterocycles. The monoisotopic (exact) mass is 379 g/mol. The van der Waals surface area contributed by atoms with Crippen LogP contribution in [0.1, 0.15) is 49.0 Å². The number of nitrogens with zero attached hydrogens (tertiary/aromatic N) is 3. The zero-order chi connectivity index (χ0) is 18.2. The number of aromatic nitrogens is 2. The SMILES string of the molecule is O=C(c1csc2nc(-c3ccccc3)cn12)N1CCC(C2CCCCC2)C1. The van der Waals surface area contributed by atoms with Crippen LogP contribution in [0.4, 0.5) is 0 Å². The van der Waals surface area contributed by atoms with E-state index >= 15 is 0 Å². The Bertz CT molecular complexity index is 939. The summed E-state index contributed by atoms with van der Waals surface area (Å²) < 4.78 is 1.98. The van der Waals surface area contributed by atoms with Crippen LogP contribution in [-0.2, 0) is 0 Å². The Hall–Kier alpha value is -2.14. The van der Waals surface area contributed by atoms with Crippen LogP contribution in [-0.4, -0.2) is 33.3 Å². The van der Waals surface area contributed by atoms with Crippen LogP contribution in [0.2, 0.25) is 0 Å². The number of hydrogen-bond acceptors (Lipinski definition) is 3. The first-order valence-electron chi connectivity index (χ1n) is 10.1. The number of fused-ring (bicyclic) bond motifs is 1. The molecule has 2 aromatic heterocycles. The molecular weight excluding hydrogens is 354 g/mol. The molecule has 1 aliphatic carbocycles. The van der Waals surface area contributed by atoms with Crippen molar-refractivity contribution in [3.8, 4) is 11.3 Å². The maximum atomic E-state index is 13.2. The van der Waals surface area contributed by atoms with Gasteiger partial charge >= 0.3 is 0 Å². The predicted octanol–water partition coefficient (Wildman–Crippen LogP) is 5.11. The fourth-order valence-corrected chi connectivity index (χ4v) is 5.66. The number of benzene rings is 1. The number of imidazole rings is 1. The normalized spacial score (nSPS) is 21.2. The molecule has 1 atom stereocenters. The quantitative estimate of drug-likeness (QED) is 0.634. The van der Waals surface area contributed by atoms with E-state index in [4.69, 9.17) is 4.98 Å². The van der Waals surface area contributed by atoms with Gasteiger partial charge in [0.05, 0.1) is 5.69 Å². The highest BCUT2D eigenvalue weighted by molar-refractivity contribution is 7.15. The van der Waals surface area contributed by atoms with Gasteiger partial charge in [-0.15, -0.1) is 11.3 Å². The van der Waals surface area contributed by atoms with Crippen LogP contribution in [0, 0.1) is 11.8 Å². The van der Waals surface area contributed by atoms with Gasteiger partial charge in [-0.1, -0.05) is 62.4 Å². The second-order valence-electron chi connectivity index (χ2n) is 7.96. The van der Waals surface area contributed by atoms with Gasteiger partial charge in [-0.2, -0.15) is 0 Å². The highest BCUT2D eigenvalue weighted by Gasteiger charge is 2.33. The lowest BCUT2D eigenvalue weighted by Gasteiger charge is -2.27. The summed E-state index contributed by atoms with van der Waals surface area (Å²) >= 11 is 1.55. The molecule has 1 amide bonds. The lowest BCUT2D eigenvalue weighted by Crippen LogP contribution is -2.31. The van der Waals surface area contributed by atoms with Crippen LogP contribution < -0.4 is 0 Å². The van der Waals surface area contributed by atoms with Crippen molar-refractivity contribution in [2.75, 3.05) is 13.1 Å². The third-order valence-electron chi connectivity index (χ3n) is 6.33. The summed E-state index contributed by atoms with van der Waals surface area (Å²) in [6, 6.07) is 10.2. The second-order valence-corrected chi connectivity index (χ2v) is 8.80. The van der Waals surface area contributed by atoms with Crippen molar-refractivity contribution in [1.29, 1.82) is 0 Å². The summed E-state index contributed by atoms with van der Waals surface area (Å²) in [5.41, 5.74) is 2.78. The Morgan fingerprint density at radius 1 is 1.04 bits per heavy atom. The van der Waals surface area contributed by atoms with E-state index in [0.717, 1.165) is 40.9 Å². The Morgan fingerprint density at radius 3 is 2.67 bits per heavy atom. The standard InChI is InChI=1S/C22H25N3OS/c26-21(24-12-11-18(13-24)16-7-3-1-4-8-16)20-15-27-22-23-19(14-25(20)22)17-9-5-2-6-10-17/h2,5-6,9-10,14-16,18H,1,3-4,7-8,11-13H2. The molecular formula is C22H25N3OS. The summed E-state index contributed by atoms with van der Waals surface area (Å²) in [5.74, 6) is 1.69. The summed E-state index contributed by atoms with van der Waals surface area (Å²) in [4.78, 5) is 20.9. The minimum absolute atomic E-state index is 0.163. The number of carbonyl (C=O) groups is 1. The average Bonchev–Trinajstić information content (AvgIpc) is 3.44. The number of hydrogen-bond donors (Lipinski definition) is 0. The Kier molecular flexibility index (Phi) is 4.48. The first kappa shape index (κ1) is 17.0. The van der Waals surface area contributed by atoms with Crippen LogP contribution >= 0.6 is 11.3 Å². The van der Waals surface area contributed by atoms with Crippen molar-refractivity contribution in [2.24, 2.45) is 11.8 Å². The molecule has 1 aliphatic heterocycles. The van der Waals surface area contributed by atoms with Gasteiger partial charge in [0.25, 0.3) is 5.91 Å². The van der Waals surface area contributed by atoms with E-state index in [1.165, 1.54) is 38.5 Å². The number of amides is 1. The van der Waals surface area contributed by atoms with E-state index in [9.17, 15) is 4.79 Å². The Morgan fingerprint density at radius 2 is 1.85 bits per heavy atom. The van der Waals surface area contributed by atoms with Crippen LogP contribution in [0.5, 0.6) is 0 Å². The molecule has 4 nitrogen and oxygen atoms in total. The van der Waals surface area contributed by atoms with E-state index in [1.54, 1.807) is 11.3 Å². The molecule has 2 aliphatic rings. The van der Waals surface area contributed by atoms with Crippen molar-refractivity contribution in [3.05, 3.63) is 47.6 Å². The van der Waals surface area contributed by atoms with Gasteiger partial charge in [0.1, 0.15) is 5.69 Å². The smallest absolute Gasteiger partial charge is 0.271 e. The fraction of sp³-hybridized carbons (Fsp3) is 0.455. The van der Waals surface area contributed by atoms with E-state index in [0.29, 0.717) is 5.92 Å². The second kappa shape index (κ2) is 7.12. The lowest BCUT2D eigenvalue weighted by atomic mass is 9.80. The molecule has 3 aromatic rings. The summed E-state index contributed by atoms with van der Waals surface area (Å²) in [6.45, 7) is 1.83. The first-order chi connectivity index (χ1) is 13.3. The predicted molar refractivity (Wildman–Crippen MR) is 109 cm³/mol.